The van der Waals surface area contributed by atoms with E-state index in [2.05, 4.69) is 39.9 Å². The number of nitrogens with zero attached hydrogens (tertiary/aromatic N) is 1. The summed E-state index contributed by atoms with van der Waals surface area (Å²) in [7, 11) is 0. The molecule has 0 aliphatic heterocycles. The molecule has 34 heavy (non-hydrogen) atoms. The number of nitrogens with one attached hydrogen (secondary N) is 2. The first kappa shape index (κ1) is 23.4. The molecule has 4 rings (SSSR count). The van der Waals surface area contributed by atoms with Crippen molar-refractivity contribution in [2.45, 2.75) is 31.7 Å². The molecular formula is C25H25N3O5S. The number of aromatic nitrogens is 1. The number of rotatable bonds is 9. The van der Waals surface area contributed by atoms with Crippen molar-refractivity contribution >= 4 is 29.3 Å². The molecule has 8 nitrogen and oxygen atoms in total. The van der Waals surface area contributed by atoms with Crippen molar-refractivity contribution in [3.63, 3.8) is 0 Å². The molecule has 1 heterocycles. The number of thiazole rings is 1. The van der Waals surface area contributed by atoms with Crippen LogP contribution in [0.3, 0.4) is 0 Å². The number of carbonyl (C=O) groups excluding carboxylic acids is 2. The summed E-state index contributed by atoms with van der Waals surface area (Å²) in [6.07, 6.45) is -0.210. The van der Waals surface area contributed by atoms with Gasteiger partial charge < -0.3 is 20.5 Å². The lowest BCUT2D eigenvalue weighted by Crippen LogP contribution is -2.34. The second-order valence-electron chi connectivity index (χ2n) is 8.10. The highest BCUT2D eigenvalue weighted by Gasteiger charge is 2.29. The molecule has 0 saturated heterocycles. The van der Waals surface area contributed by atoms with Gasteiger partial charge in [0.05, 0.1) is 11.4 Å². The molecule has 2 aromatic carbocycles. The van der Waals surface area contributed by atoms with Crippen molar-refractivity contribution in [3.05, 3.63) is 75.7 Å². The number of carboxylic acid groups (broad SMARTS) is 1. The second kappa shape index (κ2) is 10.5. The molecule has 1 unspecified atom stereocenters. The lowest BCUT2D eigenvalue weighted by molar-refractivity contribution is -0.137. The van der Waals surface area contributed by atoms with Gasteiger partial charge in [0.15, 0.2) is 0 Å². The molecule has 0 radical (unpaired) electrons. The van der Waals surface area contributed by atoms with Gasteiger partial charge in [-0.05, 0) is 29.2 Å². The Morgan fingerprint density at radius 1 is 1.09 bits per heavy atom. The van der Waals surface area contributed by atoms with Crippen molar-refractivity contribution in [3.8, 4) is 11.1 Å². The second-order valence-corrected chi connectivity index (χ2v) is 9.04. The van der Waals surface area contributed by atoms with E-state index in [9.17, 15) is 14.4 Å². The zero-order chi connectivity index (χ0) is 24.1. The molecule has 1 atom stereocenters. The molecule has 0 spiro atoms. The molecule has 9 heteroatoms. The Morgan fingerprint density at radius 3 is 2.38 bits per heavy atom. The van der Waals surface area contributed by atoms with E-state index in [1.807, 2.05) is 24.3 Å². The highest BCUT2D eigenvalue weighted by Crippen LogP contribution is 2.44. The third kappa shape index (κ3) is 5.43. The lowest BCUT2D eigenvalue weighted by Gasteiger charge is -2.14. The van der Waals surface area contributed by atoms with Gasteiger partial charge in [0, 0.05) is 30.3 Å². The molecule has 2 amide bonds. The third-order valence-electron chi connectivity index (χ3n) is 5.59. The smallest absolute Gasteiger partial charge is 0.407 e. The van der Waals surface area contributed by atoms with Gasteiger partial charge in [-0.2, -0.15) is 0 Å². The quantitative estimate of drug-likeness (QED) is 0.430. The zero-order valence-corrected chi connectivity index (χ0v) is 19.4. The van der Waals surface area contributed by atoms with Crippen LogP contribution in [0.1, 0.15) is 45.9 Å². The van der Waals surface area contributed by atoms with E-state index < -0.39 is 24.0 Å². The van der Waals surface area contributed by atoms with E-state index in [4.69, 9.17) is 9.84 Å². The van der Waals surface area contributed by atoms with E-state index in [1.165, 1.54) is 22.5 Å². The van der Waals surface area contributed by atoms with Crippen LogP contribution in [0.15, 0.2) is 53.9 Å². The Kier molecular flexibility index (Phi) is 7.22. The number of carbonyl (C=O) groups is 3. The molecule has 0 fully saturated rings. The first-order valence-electron chi connectivity index (χ1n) is 11.0. The van der Waals surface area contributed by atoms with Gasteiger partial charge >= 0.3 is 12.1 Å². The summed E-state index contributed by atoms with van der Waals surface area (Å²) in [6, 6.07) is 15.8. The van der Waals surface area contributed by atoms with Gasteiger partial charge in [-0.3, -0.25) is 9.59 Å². The van der Waals surface area contributed by atoms with Crippen LogP contribution < -0.4 is 10.6 Å². The summed E-state index contributed by atoms with van der Waals surface area (Å²) in [4.78, 5) is 39.4. The maximum atomic E-state index is 12.3. The van der Waals surface area contributed by atoms with Crippen LogP contribution in [-0.2, 0) is 16.0 Å². The first-order valence-corrected chi connectivity index (χ1v) is 11.9. The number of ether oxygens (including phenoxy) is 1. The van der Waals surface area contributed by atoms with Gasteiger partial charge in [-0.15, -0.1) is 11.3 Å². The van der Waals surface area contributed by atoms with E-state index >= 15 is 0 Å². The Balaban J connectivity index is 1.24. The maximum absolute atomic E-state index is 12.3. The zero-order valence-electron chi connectivity index (χ0n) is 18.6. The van der Waals surface area contributed by atoms with Gasteiger partial charge in [0.2, 0.25) is 0 Å². The first-order chi connectivity index (χ1) is 16.4. The molecule has 176 valence electrons. The average molecular weight is 480 g/mol. The van der Waals surface area contributed by atoms with Crippen molar-refractivity contribution in [1.29, 1.82) is 0 Å². The number of benzene rings is 2. The van der Waals surface area contributed by atoms with Crippen LogP contribution in [0.2, 0.25) is 0 Å². The fraction of sp³-hybridized carbons (Fsp3) is 0.280. The summed E-state index contributed by atoms with van der Waals surface area (Å²) in [5.74, 6) is -1.39. The standard InChI is InChI=1S/C25H25N3O5S/c1-15(12-23(29)30)27-24(31)21-14-34-22(28-21)10-11-26-25(32)33-13-20-18-8-4-2-6-16(18)17-7-3-5-9-19(17)20/h2-9,14-15,20H,10-13H2,1H3,(H,26,32)(H,27,31)(H,29,30). The minimum Gasteiger partial charge on any atom is -0.481 e. The minimum atomic E-state index is -0.980. The molecule has 1 aliphatic rings. The number of aliphatic carboxylic acids is 1. The fourth-order valence-corrected chi connectivity index (χ4v) is 4.84. The number of hydrogen-bond acceptors (Lipinski definition) is 6. The van der Waals surface area contributed by atoms with Crippen LogP contribution in [0.4, 0.5) is 4.79 Å². The summed E-state index contributed by atoms with van der Waals surface area (Å²) in [5, 5.41) is 16.4. The molecule has 3 aromatic rings. The van der Waals surface area contributed by atoms with Gasteiger partial charge in [-0.25, -0.2) is 9.78 Å². The van der Waals surface area contributed by atoms with Gasteiger partial charge in [-0.1, -0.05) is 48.5 Å². The number of hydrogen-bond donors (Lipinski definition) is 3. The highest BCUT2D eigenvalue weighted by atomic mass is 32.1. The van der Waals surface area contributed by atoms with Crippen LogP contribution in [-0.4, -0.2) is 47.3 Å². The molecular weight excluding hydrogens is 454 g/mol. The number of alkyl carbamates (subject to hydrolysis) is 1. The monoisotopic (exact) mass is 479 g/mol. The molecule has 1 aliphatic carbocycles. The Morgan fingerprint density at radius 2 is 1.74 bits per heavy atom. The topological polar surface area (TPSA) is 118 Å². The Labute approximate surface area is 201 Å². The lowest BCUT2D eigenvalue weighted by atomic mass is 9.98. The average Bonchev–Trinajstić information content (AvgIpc) is 3.40. The van der Waals surface area contributed by atoms with Crippen LogP contribution in [0, 0.1) is 0 Å². The van der Waals surface area contributed by atoms with Crippen LogP contribution in [0.5, 0.6) is 0 Å². The van der Waals surface area contributed by atoms with Gasteiger partial charge in [0.1, 0.15) is 12.3 Å². The largest absolute Gasteiger partial charge is 0.481 e. The van der Waals surface area contributed by atoms with E-state index in [0.717, 1.165) is 11.1 Å². The maximum Gasteiger partial charge on any atom is 0.407 e. The predicted octanol–water partition coefficient (Wildman–Crippen LogP) is 3.82. The van der Waals surface area contributed by atoms with Gasteiger partial charge in [0.25, 0.3) is 5.91 Å². The molecule has 3 N–H and O–H groups in total. The van der Waals surface area contributed by atoms with Crippen molar-refractivity contribution in [2.75, 3.05) is 13.2 Å². The predicted molar refractivity (Wildman–Crippen MR) is 128 cm³/mol. The molecule has 1 aromatic heterocycles. The van der Waals surface area contributed by atoms with Crippen LogP contribution >= 0.6 is 11.3 Å². The number of carboxylic acids is 1. The highest BCUT2D eigenvalue weighted by molar-refractivity contribution is 7.09. The number of fused-ring (bicyclic) bond motifs is 3. The fourth-order valence-electron chi connectivity index (χ4n) is 4.06. The third-order valence-corrected chi connectivity index (χ3v) is 6.50. The number of amides is 2. The Hall–Kier alpha value is -3.72. The summed E-state index contributed by atoms with van der Waals surface area (Å²) in [5.41, 5.74) is 4.89. The summed E-state index contributed by atoms with van der Waals surface area (Å²) >= 11 is 1.31. The summed E-state index contributed by atoms with van der Waals surface area (Å²) < 4.78 is 5.52. The van der Waals surface area contributed by atoms with Crippen molar-refractivity contribution in [2.24, 2.45) is 0 Å². The van der Waals surface area contributed by atoms with Crippen LogP contribution in [0.25, 0.3) is 11.1 Å². The molecule has 0 saturated carbocycles. The van der Waals surface area contributed by atoms with E-state index in [0.29, 0.717) is 18.0 Å². The molecule has 0 bridgehead atoms. The van der Waals surface area contributed by atoms with E-state index in [1.54, 1.807) is 12.3 Å². The van der Waals surface area contributed by atoms with E-state index in [-0.39, 0.29) is 24.6 Å². The SMILES string of the molecule is CC(CC(=O)O)NC(=O)c1csc(CCNC(=O)OCC2c3ccccc3-c3ccccc32)n1. The normalized spacial score (nSPS) is 13.0. The minimum absolute atomic E-state index is 0.00158. The van der Waals surface area contributed by atoms with Crippen molar-refractivity contribution < 1.29 is 24.2 Å². The Bertz CT molecular complexity index is 1160. The summed E-state index contributed by atoms with van der Waals surface area (Å²) in [6.45, 7) is 2.19. The van der Waals surface area contributed by atoms with Crippen molar-refractivity contribution in [1.82, 2.24) is 15.6 Å².